The van der Waals surface area contributed by atoms with Crippen LogP contribution in [0.5, 0.6) is 5.88 Å². The molecule has 0 bridgehead atoms. The minimum atomic E-state index is -1.09. The maximum atomic E-state index is 10.2. The zero-order chi connectivity index (χ0) is 11.3. The standard InChI is InChI=1S/C8H10ClN3O3/c1-5(2-11-8(13)14)15-7-4-10-3-6(9)12-7/h3-5,11H,2H2,1H3,(H,13,14)/t5-/m0/s1. The summed E-state index contributed by atoms with van der Waals surface area (Å²) in [7, 11) is 0. The average molecular weight is 232 g/mol. The van der Waals surface area contributed by atoms with E-state index >= 15 is 0 Å². The van der Waals surface area contributed by atoms with Crippen LogP contribution in [0.1, 0.15) is 6.92 Å². The van der Waals surface area contributed by atoms with Crippen molar-refractivity contribution in [3.8, 4) is 5.88 Å². The molecule has 1 aromatic heterocycles. The molecular formula is C8H10ClN3O3. The molecule has 0 unspecified atom stereocenters. The van der Waals surface area contributed by atoms with Gasteiger partial charge in [0.15, 0.2) is 5.15 Å². The van der Waals surface area contributed by atoms with Gasteiger partial charge in [0.05, 0.1) is 18.9 Å². The van der Waals surface area contributed by atoms with E-state index in [1.807, 2.05) is 0 Å². The van der Waals surface area contributed by atoms with E-state index in [2.05, 4.69) is 15.3 Å². The zero-order valence-electron chi connectivity index (χ0n) is 7.98. The van der Waals surface area contributed by atoms with E-state index < -0.39 is 6.09 Å². The van der Waals surface area contributed by atoms with Gasteiger partial charge in [0.25, 0.3) is 0 Å². The smallest absolute Gasteiger partial charge is 0.404 e. The molecule has 82 valence electrons. The summed E-state index contributed by atoms with van der Waals surface area (Å²) < 4.78 is 5.26. The Morgan fingerprint density at radius 2 is 2.47 bits per heavy atom. The van der Waals surface area contributed by atoms with Crippen LogP contribution in [0.4, 0.5) is 4.79 Å². The van der Waals surface area contributed by atoms with Crippen molar-refractivity contribution in [2.75, 3.05) is 6.54 Å². The molecule has 0 spiro atoms. The molecule has 1 atom stereocenters. The van der Waals surface area contributed by atoms with Crippen LogP contribution >= 0.6 is 11.6 Å². The summed E-state index contributed by atoms with van der Waals surface area (Å²) in [6.07, 6.45) is 1.36. The van der Waals surface area contributed by atoms with Crippen LogP contribution in [0.2, 0.25) is 5.15 Å². The Bertz CT molecular complexity index is 348. The highest BCUT2D eigenvalue weighted by Gasteiger charge is 2.06. The number of ether oxygens (including phenoxy) is 1. The number of amides is 1. The fourth-order valence-corrected chi connectivity index (χ4v) is 1.00. The first-order valence-corrected chi connectivity index (χ1v) is 4.56. The molecule has 0 fully saturated rings. The largest absolute Gasteiger partial charge is 0.472 e. The SMILES string of the molecule is C[C@@H](CNC(=O)O)Oc1cncc(Cl)n1. The van der Waals surface area contributed by atoms with E-state index in [-0.39, 0.29) is 23.7 Å². The normalized spacial score (nSPS) is 11.9. The lowest BCUT2D eigenvalue weighted by molar-refractivity contribution is 0.176. The first-order valence-electron chi connectivity index (χ1n) is 4.19. The van der Waals surface area contributed by atoms with Crippen LogP contribution < -0.4 is 10.1 Å². The summed E-state index contributed by atoms with van der Waals surface area (Å²) >= 11 is 5.59. The molecule has 0 aromatic carbocycles. The van der Waals surface area contributed by atoms with E-state index in [0.717, 1.165) is 0 Å². The number of nitrogens with zero attached hydrogens (tertiary/aromatic N) is 2. The van der Waals surface area contributed by atoms with Gasteiger partial charge in [-0.1, -0.05) is 11.6 Å². The second-order valence-corrected chi connectivity index (χ2v) is 3.18. The van der Waals surface area contributed by atoms with Crippen molar-refractivity contribution in [3.63, 3.8) is 0 Å². The Morgan fingerprint density at radius 1 is 1.73 bits per heavy atom. The van der Waals surface area contributed by atoms with Crippen LogP contribution in [0, 0.1) is 0 Å². The highest BCUT2D eigenvalue weighted by atomic mass is 35.5. The topological polar surface area (TPSA) is 84.3 Å². The minimum Gasteiger partial charge on any atom is -0.472 e. The molecule has 0 aliphatic heterocycles. The molecule has 7 heteroatoms. The van der Waals surface area contributed by atoms with Crippen LogP contribution in [0.15, 0.2) is 12.4 Å². The van der Waals surface area contributed by atoms with Crippen molar-refractivity contribution in [1.29, 1.82) is 0 Å². The van der Waals surface area contributed by atoms with Gasteiger partial charge in [-0.25, -0.2) is 4.79 Å². The molecule has 6 nitrogen and oxygen atoms in total. The van der Waals surface area contributed by atoms with Crippen molar-refractivity contribution in [2.24, 2.45) is 0 Å². The lowest BCUT2D eigenvalue weighted by Gasteiger charge is -2.12. The first kappa shape index (κ1) is 11.5. The maximum Gasteiger partial charge on any atom is 0.404 e. The maximum absolute atomic E-state index is 10.2. The van der Waals surface area contributed by atoms with Crippen molar-refractivity contribution in [2.45, 2.75) is 13.0 Å². The van der Waals surface area contributed by atoms with Crippen LogP contribution in [0.3, 0.4) is 0 Å². The number of hydrogen-bond donors (Lipinski definition) is 2. The zero-order valence-corrected chi connectivity index (χ0v) is 8.73. The summed E-state index contributed by atoms with van der Waals surface area (Å²) in [5, 5.41) is 10.8. The summed E-state index contributed by atoms with van der Waals surface area (Å²) in [6, 6.07) is 0. The Kier molecular flexibility index (Phi) is 4.11. The van der Waals surface area contributed by atoms with E-state index in [1.54, 1.807) is 6.92 Å². The number of aromatic nitrogens is 2. The molecule has 1 heterocycles. The van der Waals surface area contributed by atoms with Crippen molar-refractivity contribution in [1.82, 2.24) is 15.3 Å². The van der Waals surface area contributed by atoms with E-state index in [0.29, 0.717) is 0 Å². The molecule has 2 N–H and O–H groups in total. The molecule has 0 saturated heterocycles. The molecule has 1 aromatic rings. The lowest BCUT2D eigenvalue weighted by atomic mass is 10.4. The monoisotopic (exact) mass is 231 g/mol. The molecule has 0 aliphatic carbocycles. The van der Waals surface area contributed by atoms with E-state index in [9.17, 15) is 4.79 Å². The second-order valence-electron chi connectivity index (χ2n) is 2.79. The lowest BCUT2D eigenvalue weighted by Crippen LogP contribution is -2.32. The van der Waals surface area contributed by atoms with Gasteiger partial charge in [0, 0.05) is 0 Å². The first-order chi connectivity index (χ1) is 7.08. The highest BCUT2D eigenvalue weighted by molar-refractivity contribution is 6.29. The van der Waals surface area contributed by atoms with Crippen LogP contribution in [-0.4, -0.2) is 33.8 Å². The van der Waals surface area contributed by atoms with Crippen molar-refractivity contribution >= 4 is 17.7 Å². The third-order valence-corrected chi connectivity index (χ3v) is 1.63. The van der Waals surface area contributed by atoms with Gasteiger partial charge in [-0.05, 0) is 6.92 Å². The average Bonchev–Trinajstić information content (AvgIpc) is 2.15. The van der Waals surface area contributed by atoms with Gasteiger partial charge in [-0.3, -0.25) is 4.98 Å². The number of halogens is 1. The predicted molar refractivity (Wildman–Crippen MR) is 53.2 cm³/mol. The fourth-order valence-electron chi connectivity index (χ4n) is 0.861. The predicted octanol–water partition coefficient (Wildman–Crippen LogP) is 1.16. The minimum absolute atomic E-state index is 0.170. The molecule has 0 saturated carbocycles. The number of rotatable bonds is 4. The number of nitrogens with one attached hydrogen (secondary N) is 1. The molecule has 15 heavy (non-hydrogen) atoms. The van der Waals surface area contributed by atoms with Gasteiger partial charge < -0.3 is 15.2 Å². The van der Waals surface area contributed by atoms with Crippen molar-refractivity contribution in [3.05, 3.63) is 17.5 Å². The summed E-state index contributed by atoms with van der Waals surface area (Å²) in [5.41, 5.74) is 0. The van der Waals surface area contributed by atoms with E-state index in [1.165, 1.54) is 12.4 Å². The highest BCUT2D eigenvalue weighted by Crippen LogP contribution is 2.10. The fraction of sp³-hybridized carbons (Fsp3) is 0.375. The molecule has 1 rings (SSSR count). The third-order valence-electron chi connectivity index (χ3n) is 1.45. The Hall–Kier alpha value is -1.56. The Balaban J connectivity index is 2.44. The van der Waals surface area contributed by atoms with E-state index in [4.69, 9.17) is 21.4 Å². The van der Waals surface area contributed by atoms with Gasteiger partial charge in [0.1, 0.15) is 6.10 Å². The summed E-state index contributed by atoms with van der Waals surface area (Å²) in [5.74, 6) is 0.266. The van der Waals surface area contributed by atoms with Crippen molar-refractivity contribution < 1.29 is 14.6 Å². The van der Waals surface area contributed by atoms with Crippen LogP contribution in [0.25, 0.3) is 0 Å². The van der Waals surface area contributed by atoms with Gasteiger partial charge >= 0.3 is 6.09 Å². The molecule has 0 aliphatic rings. The summed E-state index contributed by atoms with van der Waals surface area (Å²) in [4.78, 5) is 17.8. The molecular weight excluding hydrogens is 222 g/mol. The summed E-state index contributed by atoms with van der Waals surface area (Å²) in [6.45, 7) is 1.88. The van der Waals surface area contributed by atoms with Gasteiger partial charge in [0.2, 0.25) is 5.88 Å². The Labute approximate surface area is 91.3 Å². The number of carbonyl (C=O) groups is 1. The second kappa shape index (κ2) is 5.35. The van der Waals surface area contributed by atoms with Crippen LogP contribution in [-0.2, 0) is 0 Å². The number of carboxylic acid groups (broad SMARTS) is 1. The van der Waals surface area contributed by atoms with Gasteiger partial charge in [-0.2, -0.15) is 4.98 Å². The quantitative estimate of drug-likeness (QED) is 0.813. The molecule has 0 radical (unpaired) electrons. The molecule has 1 amide bonds. The third kappa shape index (κ3) is 4.46. The number of hydrogen-bond acceptors (Lipinski definition) is 4. The Morgan fingerprint density at radius 3 is 3.07 bits per heavy atom. The van der Waals surface area contributed by atoms with Gasteiger partial charge in [-0.15, -0.1) is 0 Å².